The van der Waals surface area contributed by atoms with E-state index in [1.807, 2.05) is 12.1 Å². The van der Waals surface area contributed by atoms with Crippen LogP contribution in [0.3, 0.4) is 0 Å². The molecule has 17 heavy (non-hydrogen) atoms. The number of hydrogen-bond donors (Lipinski definition) is 2. The standard InChI is InChI=1S/C13H21N3O/c1-2-9-17-13-11(14)7-8-12(16-13)15-10-5-3-4-6-10/h7-8,10H,2-6,9,14H2,1H3,(H,15,16). The molecule has 0 saturated heterocycles. The maximum atomic E-state index is 5.82. The molecule has 1 aromatic rings. The summed E-state index contributed by atoms with van der Waals surface area (Å²) in [7, 11) is 0. The molecule has 4 nitrogen and oxygen atoms in total. The van der Waals surface area contributed by atoms with E-state index in [2.05, 4.69) is 17.2 Å². The number of hydrogen-bond acceptors (Lipinski definition) is 4. The van der Waals surface area contributed by atoms with Gasteiger partial charge in [0.2, 0.25) is 5.88 Å². The summed E-state index contributed by atoms with van der Waals surface area (Å²) in [4.78, 5) is 4.41. The van der Waals surface area contributed by atoms with Crippen LogP contribution in [0, 0.1) is 0 Å². The molecular formula is C13H21N3O. The quantitative estimate of drug-likeness (QED) is 0.824. The van der Waals surface area contributed by atoms with Gasteiger partial charge in [0.1, 0.15) is 5.82 Å². The van der Waals surface area contributed by atoms with Crippen LogP contribution in [0.4, 0.5) is 11.5 Å². The SMILES string of the molecule is CCCOc1nc(NC2CCCC2)ccc1N. The van der Waals surface area contributed by atoms with Crippen molar-refractivity contribution in [2.24, 2.45) is 0 Å². The maximum Gasteiger partial charge on any atom is 0.239 e. The minimum Gasteiger partial charge on any atom is -0.476 e. The summed E-state index contributed by atoms with van der Waals surface area (Å²) in [6.45, 7) is 2.72. The fourth-order valence-electron chi connectivity index (χ4n) is 2.13. The summed E-state index contributed by atoms with van der Waals surface area (Å²) in [5.41, 5.74) is 6.43. The van der Waals surface area contributed by atoms with Crippen molar-refractivity contribution in [2.45, 2.75) is 45.1 Å². The molecule has 1 heterocycles. The molecule has 0 bridgehead atoms. The first-order valence-corrected chi connectivity index (χ1v) is 6.45. The lowest BCUT2D eigenvalue weighted by Gasteiger charge is -2.14. The van der Waals surface area contributed by atoms with Crippen LogP contribution in [0.1, 0.15) is 39.0 Å². The zero-order valence-corrected chi connectivity index (χ0v) is 10.4. The highest BCUT2D eigenvalue weighted by Crippen LogP contribution is 2.25. The van der Waals surface area contributed by atoms with E-state index in [1.54, 1.807) is 0 Å². The van der Waals surface area contributed by atoms with Gasteiger partial charge < -0.3 is 15.8 Å². The van der Waals surface area contributed by atoms with E-state index < -0.39 is 0 Å². The molecule has 0 aliphatic heterocycles. The largest absolute Gasteiger partial charge is 0.476 e. The van der Waals surface area contributed by atoms with Gasteiger partial charge in [0.25, 0.3) is 0 Å². The van der Waals surface area contributed by atoms with Gasteiger partial charge in [-0.2, -0.15) is 4.98 Å². The number of nitrogen functional groups attached to an aromatic ring is 1. The summed E-state index contributed by atoms with van der Waals surface area (Å²) >= 11 is 0. The fraction of sp³-hybridized carbons (Fsp3) is 0.615. The molecule has 1 saturated carbocycles. The third-order valence-electron chi connectivity index (χ3n) is 3.04. The number of ether oxygens (including phenoxy) is 1. The molecule has 3 N–H and O–H groups in total. The lowest BCUT2D eigenvalue weighted by Crippen LogP contribution is -2.16. The number of rotatable bonds is 5. The molecule has 1 aliphatic rings. The molecule has 0 atom stereocenters. The Kier molecular flexibility index (Phi) is 4.07. The summed E-state index contributed by atoms with van der Waals surface area (Å²) in [6.07, 6.45) is 6.05. The average Bonchev–Trinajstić information content (AvgIpc) is 2.82. The van der Waals surface area contributed by atoms with Crippen molar-refractivity contribution in [1.82, 2.24) is 4.98 Å². The molecule has 0 unspecified atom stereocenters. The molecule has 1 aromatic heterocycles. The molecule has 0 spiro atoms. The van der Waals surface area contributed by atoms with Crippen molar-refractivity contribution in [3.63, 3.8) is 0 Å². The lowest BCUT2D eigenvalue weighted by atomic mass is 10.2. The second-order valence-electron chi connectivity index (χ2n) is 4.57. The van der Waals surface area contributed by atoms with Crippen LogP contribution < -0.4 is 15.8 Å². The lowest BCUT2D eigenvalue weighted by molar-refractivity contribution is 0.307. The Balaban J connectivity index is 2.01. The van der Waals surface area contributed by atoms with E-state index in [4.69, 9.17) is 10.5 Å². The Morgan fingerprint density at radius 2 is 2.18 bits per heavy atom. The molecule has 0 amide bonds. The molecule has 1 aliphatic carbocycles. The Morgan fingerprint density at radius 1 is 1.41 bits per heavy atom. The van der Waals surface area contributed by atoms with Crippen molar-refractivity contribution >= 4 is 11.5 Å². The number of pyridine rings is 1. The Labute approximate surface area is 103 Å². The van der Waals surface area contributed by atoms with Crippen LogP contribution >= 0.6 is 0 Å². The molecule has 0 radical (unpaired) electrons. The highest BCUT2D eigenvalue weighted by atomic mass is 16.5. The van der Waals surface area contributed by atoms with Gasteiger partial charge in [-0.3, -0.25) is 0 Å². The van der Waals surface area contributed by atoms with Crippen LogP contribution in [0.25, 0.3) is 0 Å². The molecule has 2 rings (SSSR count). The highest BCUT2D eigenvalue weighted by Gasteiger charge is 2.15. The first-order valence-electron chi connectivity index (χ1n) is 6.45. The maximum absolute atomic E-state index is 5.82. The van der Waals surface area contributed by atoms with Gasteiger partial charge in [-0.25, -0.2) is 0 Å². The predicted octanol–water partition coefficient (Wildman–Crippen LogP) is 2.81. The van der Waals surface area contributed by atoms with Crippen molar-refractivity contribution in [3.8, 4) is 5.88 Å². The molecule has 1 fully saturated rings. The second-order valence-corrected chi connectivity index (χ2v) is 4.57. The van der Waals surface area contributed by atoms with Crippen molar-refractivity contribution in [2.75, 3.05) is 17.7 Å². The van der Waals surface area contributed by atoms with E-state index in [1.165, 1.54) is 25.7 Å². The summed E-state index contributed by atoms with van der Waals surface area (Å²) in [6, 6.07) is 4.34. The summed E-state index contributed by atoms with van der Waals surface area (Å²) < 4.78 is 5.51. The van der Waals surface area contributed by atoms with E-state index in [9.17, 15) is 0 Å². The van der Waals surface area contributed by atoms with E-state index >= 15 is 0 Å². The van der Waals surface area contributed by atoms with Gasteiger partial charge in [-0.15, -0.1) is 0 Å². The number of aromatic nitrogens is 1. The highest BCUT2D eigenvalue weighted by molar-refractivity contribution is 5.53. The van der Waals surface area contributed by atoms with E-state index in [0.29, 0.717) is 24.2 Å². The smallest absolute Gasteiger partial charge is 0.239 e. The summed E-state index contributed by atoms with van der Waals surface area (Å²) in [5.74, 6) is 1.42. The Bertz CT molecular complexity index is 362. The van der Waals surface area contributed by atoms with Crippen molar-refractivity contribution < 1.29 is 4.74 Å². The van der Waals surface area contributed by atoms with Gasteiger partial charge >= 0.3 is 0 Å². The Morgan fingerprint density at radius 3 is 2.88 bits per heavy atom. The van der Waals surface area contributed by atoms with Gasteiger partial charge in [-0.1, -0.05) is 19.8 Å². The predicted molar refractivity (Wildman–Crippen MR) is 70.3 cm³/mol. The molecule has 94 valence electrons. The number of nitrogens with one attached hydrogen (secondary N) is 1. The zero-order valence-electron chi connectivity index (χ0n) is 10.4. The monoisotopic (exact) mass is 235 g/mol. The second kappa shape index (κ2) is 5.75. The topological polar surface area (TPSA) is 60.2 Å². The Hall–Kier alpha value is -1.45. The third kappa shape index (κ3) is 3.25. The van der Waals surface area contributed by atoms with Crippen molar-refractivity contribution in [3.05, 3.63) is 12.1 Å². The van der Waals surface area contributed by atoms with Crippen LogP contribution in [-0.2, 0) is 0 Å². The minimum absolute atomic E-state index is 0.551. The first-order chi connectivity index (χ1) is 8.29. The van der Waals surface area contributed by atoms with E-state index in [-0.39, 0.29) is 0 Å². The third-order valence-corrected chi connectivity index (χ3v) is 3.04. The molecule has 0 aromatic carbocycles. The van der Waals surface area contributed by atoms with Crippen LogP contribution in [0.5, 0.6) is 5.88 Å². The van der Waals surface area contributed by atoms with Crippen molar-refractivity contribution in [1.29, 1.82) is 0 Å². The average molecular weight is 235 g/mol. The number of anilines is 2. The molecular weight excluding hydrogens is 214 g/mol. The van der Waals surface area contributed by atoms with Gasteiger partial charge in [-0.05, 0) is 31.4 Å². The van der Waals surface area contributed by atoms with Gasteiger partial charge in [0.05, 0.1) is 12.3 Å². The zero-order chi connectivity index (χ0) is 12.1. The normalized spacial score (nSPS) is 16.1. The van der Waals surface area contributed by atoms with Gasteiger partial charge in [0, 0.05) is 6.04 Å². The van der Waals surface area contributed by atoms with Crippen LogP contribution in [0.2, 0.25) is 0 Å². The van der Waals surface area contributed by atoms with Crippen LogP contribution in [-0.4, -0.2) is 17.6 Å². The number of nitrogens with two attached hydrogens (primary N) is 1. The van der Waals surface area contributed by atoms with Crippen LogP contribution in [0.15, 0.2) is 12.1 Å². The minimum atomic E-state index is 0.551. The van der Waals surface area contributed by atoms with Gasteiger partial charge in [0.15, 0.2) is 0 Å². The van der Waals surface area contributed by atoms with E-state index in [0.717, 1.165) is 12.2 Å². The molecule has 4 heteroatoms. The fourth-order valence-corrected chi connectivity index (χ4v) is 2.13. The first kappa shape index (κ1) is 12.0. The number of nitrogens with zero attached hydrogens (tertiary/aromatic N) is 1. The summed E-state index contributed by atoms with van der Waals surface area (Å²) in [5, 5.41) is 3.44.